The molecule has 0 radical (unpaired) electrons. The highest BCUT2D eigenvalue weighted by atomic mass is 14.8. The summed E-state index contributed by atoms with van der Waals surface area (Å²) < 4.78 is 0. The summed E-state index contributed by atoms with van der Waals surface area (Å²) in [5.74, 6) is 0.546. The summed E-state index contributed by atoms with van der Waals surface area (Å²) in [6.07, 6.45) is 1.88. The predicted octanol–water partition coefficient (Wildman–Crippen LogP) is 2.63. The Kier molecular flexibility index (Phi) is 2.38. The summed E-state index contributed by atoms with van der Waals surface area (Å²) >= 11 is 0. The summed E-state index contributed by atoms with van der Waals surface area (Å²) in [7, 11) is 0. The van der Waals surface area contributed by atoms with Gasteiger partial charge in [-0.2, -0.15) is 0 Å². The van der Waals surface area contributed by atoms with Gasteiger partial charge in [0, 0.05) is 12.8 Å². The molecule has 0 saturated heterocycles. The van der Waals surface area contributed by atoms with Crippen molar-refractivity contribution in [2.24, 2.45) is 11.3 Å². The van der Waals surface area contributed by atoms with Crippen molar-refractivity contribution in [2.75, 3.05) is 6.54 Å². The minimum atomic E-state index is 0.178. The fraction of sp³-hybridized carbons (Fsp3) is 0.800. The maximum Gasteiger partial charge on any atom is 0.225 e. The standard InChI is InChI=1S/C10H14N2/c1-8(2)10(7-11-3)5-9(6-10)12-4/h8-9H,5-7H2,1-2H3. The smallest absolute Gasteiger partial charge is 0.225 e. The average Bonchev–Trinajstić information content (AvgIpc) is 1.95. The largest absolute Gasteiger partial charge is 0.316 e. The second-order valence-corrected chi connectivity index (χ2v) is 4.02. The summed E-state index contributed by atoms with van der Waals surface area (Å²) in [5.41, 5.74) is 0.178. The van der Waals surface area contributed by atoms with Crippen molar-refractivity contribution in [1.82, 2.24) is 0 Å². The Labute approximate surface area is 74.2 Å². The van der Waals surface area contributed by atoms with Gasteiger partial charge in [-0.3, -0.25) is 0 Å². The molecule has 64 valence electrons. The number of rotatable bonds is 2. The predicted molar refractivity (Wildman–Crippen MR) is 48.4 cm³/mol. The molecular weight excluding hydrogens is 148 g/mol. The molecule has 0 spiro atoms. The second-order valence-electron chi connectivity index (χ2n) is 4.02. The molecule has 1 saturated carbocycles. The van der Waals surface area contributed by atoms with E-state index in [0.29, 0.717) is 12.5 Å². The molecule has 0 atom stereocenters. The highest BCUT2D eigenvalue weighted by Crippen LogP contribution is 2.48. The highest BCUT2D eigenvalue weighted by molar-refractivity contribution is 5.06. The second kappa shape index (κ2) is 3.15. The lowest BCUT2D eigenvalue weighted by Crippen LogP contribution is -2.45. The van der Waals surface area contributed by atoms with E-state index in [1.54, 1.807) is 0 Å². The van der Waals surface area contributed by atoms with Crippen LogP contribution in [-0.4, -0.2) is 12.6 Å². The van der Waals surface area contributed by atoms with Gasteiger partial charge in [0.15, 0.2) is 0 Å². The first-order valence-electron chi connectivity index (χ1n) is 4.34. The van der Waals surface area contributed by atoms with Crippen LogP contribution in [0.2, 0.25) is 0 Å². The van der Waals surface area contributed by atoms with Gasteiger partial charge in [-0.1, -0.05) is 13.8 Å². The van der Waals surface area contributed by atoms with Gasteiger partial charge in [0.2, 0.25) is 12.6 Å². The minimum absolute atomic E-state index is 0.178. The van der Waals surface area contributed by atoms with Crippen LogP contribution < -0.4 is 0 Å². The van der Waals surface area contributed by atoms with Gasteiger partial charge in [0.05, 0.1) is 5.41 Å². The van der Waals surface area contributed by atoms with Crippen LogP contribution in [0.1, 0.15) is 26.7 Å². The summed E-state index contributed by atoms with van der Waals surface area (Å²) in [6, 6.07) is 0.203. The first-order chi connectivity index (χ1) is 5.64. The summed E-state index contributed by atoms with van der Waals surface area (Å²) in [4.78, 5) is 6.97. The minimum Gasteiger partial charge on any atom is -0.316 e. The molecular formula is C10H14N2. The molecule has 0 unspecified atom stereocenters. The van der Waals surface area contributed by atoms with Crippen LogP contribution in [0, 0.1) is 24.5 Å². The highest BCUT2D eigenvalue weighted by Gasteiger charge is 2.53. The van der Waals surface area contributed by atoms with E-state index in [2.05, 4.69) is 23.5 Å². The Hall–Kier alpha value is -1.02. The lowest BCUT2D eigenvalue weighted by molar-refractivity contribution is 0.0807. The zero-order chi connectivity index (χ0) is 9.19. The van der Waals surface area contributed by atoms with Crippen LogP contribution in [0.4, 0.5) is 0 Å². The normalized spacial score (nSPS) is 33.6. The van der Waals surface area contributed by atoms with Gasteiger partial charge in [-0.15, -0.1) is 0 Å². The van der Waals surface area contributed by atoms with E-state index < -0.39 is 0 Å². The maximum absolute atomic E-state index is 6.86. The van der Waals surface area contributed by atoms with Crippen molar-refractivity contribution in [1.29, 1.82) is 0 Å². The third kappa shape index (κ3) is 1.30. The third-order valence-electron chi connectivity index (χ3n) is 3.09. The summed E-state index contributed by atoms with van der Waals surface area (Å²) in [6.45, 7) is 18.6. The summed E-state index contributed by atoms with van der Waals surface area (Å²) in [5, 5.41) is 0. The van der Waals surface area contributed by atoms with E-state index in [4.69, 9.17) is 13.1 Å². The van der Waals surface area contributed by atoms with Crippen LogP contribution in [0.5, 0.6) is 0 Å². The van der Waals surface area contributed by atoms with E-state index in [0.717, 1.165) is 12.8 Å². The molecule has 2 nitrogen and oxygen atoms in total. The van der Waals surface area contributed by atoms with Crippen molar-refractivity contribution >= 4 is 0 Å². The molecule has 1 aliphatic rings. The van der Waals surface area contributed by atoms with Gasteiger partial charge in [-0.25, -0.2) is 13.1 Å². The maximum atomic E-state index is 6.86. The van der Waals surface area contributed by atoms with Gasteiger partial charge in [-0.05, 0) is 5.92 Å². The van der Waals surface area contributed by atoms with Gasteiger partial charge in [0.25, 0.3) is 0 Å². The van der Waals surface area contributed by atoms with Crippen LogP contribution >= 0.6 is 0 Å². The van der Waals surface area contributed by atoms with Gasteiger partial charge >= 0.3 is 0 Å². The SMILES string of the molecule is [C-]#[N+]CC1(C(C)C)CC([N+]#[C-])C1. The molecule has 0 aromatic rings. The Morgan fingerprint density at radius 3 is 2.33 bits per heavy atom. The van der Waals surface area contributed by atoms with Crippen molar-refractivity contribution in [3.05, 3.63) is 22.8 Å². The molecule has 2 heteroatoms. The van der Waals surface area contributed by atoms with Crippen molar-refractivity contribution < 1.29 is 0 Å². The van der Waals surface area contributed by atoms with Crippen molar-refractivity contribution in [3.63, 3.8) is 0 Å². The van der Waals surface area contributed by atoms with Crippen LogP contribution in [-0.2, 0) is 0 Å². The molecule has 0 heterocycles. The van der Waals surface area contributed by atoms with E-state index in [1.807, 2.05) is 0 Å². The van der Waals surface area contributed by atoms with Gasteiger partial charge < -0.3 is 9.69 Å². The molecule has 0 aliphatic heterocycles. The lowest BCUT2D eigenvalue weighted by Gasteiger charge is -2.41. The number of hydrogen-bond acceptors (Lipinski definition) is 0. The van der Waals surface area contributed by atoms with E-state index in [-0.39, 0.29) is 11.5 Å². The Bertz CT molecular complexity index is 236. The zero-order valence-electron chi connectivity index (χ0n) is 7.67. The Morgan fingerprint density at radius 1 is 1.42 bits per heavy atom. The zero-order valence-corrected chi connectivity index (χ0v) is 7.67. The monoisotopic (exact) mass is 162 g/mol. The van der Waals surface area contributed by atoms with E-state index in [9.17, 15) is 0 Å². The Morgan fingerprint density at radius 2 is 2.00 bits per heavy atom. The molecule has 0 amide bonds. The number of hydrogen-bond donors (Lipinski definition) is 0. The lowest BCUT2D eigenvalue weighted by atomic mass is 9.59. The number of nitrogens with zero attached hydrogens (tertiary/aromatic N) is 2. The molecule has 0 aromatic heterocycles. The molecule has 1 fully saturated rings. The molecule has 1 aliphatic carbocycles. The van der Waals surface area contributed by atoms with Crippen LogP contribution in [0.3, 0.4) is 0 Å². The van der Waals surface area contributed by atoms with E-state index in [1.165, 1.54) is 0 Å². The molecule has 1 rings (SSSR count). The fourth-order valence-corrected chi connectivity index (χ4v) is 1.91. The molecule has 0 aromatic carbocycles. The van der Waals surface area contributed by atoms with Crippen LogP contribution in [0.15, 0.2) is 0 Å². The van der Waals surface area contributed by atoms with Gasteiger partial charge in [0.1, 0.15) is 0 Å². The topological polar surface area (TPSA) is 8.72 Å². The first-order valence-corrected chi connectivity index (χ1v) is 4.34. The van der Waals surface area contributed by atoms with Crippen molar-refractivity contribution in [2.45, 2.75) is 32.7 Å². The molecule has 0 bridgehead atoms. The fourth-order valence-electron chi connectivity index (χ4n) is 1.91. The van der Waals surface area contributed by atoms with E-state index >= 15 is 0 Å². The Balaban J connectivity index is 2.58. The molecule has 12 heavy (non-hydrogen) atoms. The first kappa shape index (κ1) is 9.07. The quantitative estimate of drug-likeness (QED) is 0.552. The van der Waals surface area contributed by atoms with Crippen LogP contribution in [0.25, 0.3) is 9.69 Å². The molecule has 0 N–H and O–H groups in total. The third-order valence-corrected chi connectivity index (χ3v) is 3.09. The average molecular weight is 162 g/mol. The van der Waals surface area contributed by atoms with Crippen molar-refractivity contribution in [3.8, 4) is 0 Å².